The van der Waals surface area contributed by atoms with E-state index >= 15 is 0 Å². The highest BCUT2D eigenvalue weighted by molar-refractivity contribution is 8.16. The zero-order valence-electron chi connectivity index (χ0n) is 21.1. The summed E-state index contributed by atoms with van der Waals surface area (Å²) in [5, 5.41) is 5.46. The SMILES string of the molecule is CC1(Cc2ccnc(N3CCC(CNCc4cccnc4-c4ccc(C(F)(F)F)s4)CC3)n2)SC(=O)NC1=O. The standard InChI is InChI=1S/C26H27F3N6O2S2/c1-25(22(36)34-24(37)39-25)13-18-6-10-32-23(33-18)35-11-7-16(8-12-35)14-30-15-17-3-2-9-31-21(17)19-4-5-20(38-19)26(27,28)29/h2-6,9-10,16,30H,7-8,11-15H2,1H3,(H,34,36,37). The van der Waals surface area contributed by atoms with Crippen LogP contribution in [0.1, 0.15) is 35.9 Å². The van der Waals surface area contributed by atoms with E-state index in [0.717, 1.165) is 55.9 Å². The Morgan fingerprint density at radius 3 is 2.62 bits per heavy atom. The molecule has 5 rings (SSSR count). The van der Waals surface area contributed by atoms with Gasteiger partial charge in [-0.1, -0.05) is 6.07 Å². The molecule has 206 valence electrons. The minimum Gasteiger partial charge on any atom is -0.341 e. The maximum absolute atomic E-state index is 13.0. The quantitative estimate of drug-likeness (QED) is 0.390. The molecule has 2 amide bonds. The molecule has 0 radical (unpaired) electrons. The Hall–Kier alpha value is -3.03. The molecule has 5 heterocycles. The van der Waals surface area contributed by atoms with Crippen LogP contribution in [0.2, 0.25) is 0 Å². The Labute approximate surface area is 231 Å². The maximum Gasteiger partial charge on any atom is 0.425 e. The number of hydrogen-bond donors (Lipinski definition) is 2. The van der Waals surface area contributed by atoms with Crippen LogP contribution in [0, 0.1) is 5.92 Å². The average Bonchev–Trinajstić information content (AvgIpc) is 3.49. The summed E-state index contributed by atoms with van der Waals surface area (Å²) in [5.74, 6) is 0.754. The van der Waals surface area contributed by atoms with Gasteiger partial charge in [-0.2, -0.15) is 13.2 Å². The average molecular weight is 577 g/mol. The van der Waals surface area contributed by atoms with E-state index in [2.05, 4.69) is 30.5 Å². The van der Waals surface area contributed by atoms with E-state index in [1.807, 2.05) is 6.07 Å². The van der Waals surface area contributed by atoms with Gasteiger partial charge in [0.25, 0.3) is 5.24 Å². The van der Waals surface area contributed by atoms with Crippen molar-refractivity contribution in [3.63, 3.8) is 0 Å². The van der Waals surface area contributed by atoms with Crippen LogP contribution in [-0.2, 0) is 23.9 Å². The first-order chi connectivity index (χ1) is 18.6. The molecular weight excluding hydrogens is 549 g/mol. The molecule has 1 atom stereocenters. The van der Waals surface area contributed by atoms with Gasteiger partial charge in [0.1, 0.15) is 9.62 Å². The predicted octanol–water partition coefficient (Wildman–Crippen LogP) is 4.91. The third-order valence-electron chi connectivity index (χ3n) is 6.89. The topological polar surface area (TPSA) is 100 Å². The summed E-state index contributed by atoms with van der Waals surface area (Å²) in [6, 6.07) is 8.04. The number of hydrogen-bond acceptors (Lipinski definition) is 9. The van der Waals surface area contributed by atoms with Crippen molar-refractivity contribution in [1.82, 2.24) is 25.6 Å². The minimum absolute atomic E-state index is 0.300. The molecule has 1 unspecified atom stereocenters. The van der Waals surface area contributed by atoms with E-state index < -0.39 is 15.8 Å². The van der Waals surface area contributed by atoms with Crippen LogP contribution in [-0.4, -0.2) is 50.5 Å². The molecule has 3 aromatic rings. The lowest BCUT2D eigenvalue weighted by Gasteiger charge is -2.32. The number of rotatable bonds is 8. The highest BCUT2D eigenvalue weighted by atomic mass is 32.2. The number of anilines is 1. The number of carbonyl (C=O) groups excluding carboxylic acids is 2. The predicted molar refractivity (Wildman–Crippen MR) is 144 cm³/mol. The summed E-state index contributed by atoms with van der Waals surface area (Å²) in [6.45, 7) is 4.61. The zero-order valence-corrected chi connectivity index (χ0v) is 22.8. The smallest absolute Gasteiger partial charge is 0.341 e. The summed E-state index contributed by atoms with van der Waals surface area (Å²) in [7, 11) is 0. The number of nitrogens with zero attached hydrogens (tertiary/aromatic N) is 4. The third kappa shape index (κ3) is 6.42. The van der Waals surface area contributed by atoms with Crippen molar-refractivity contribution in [3.05, 3.63) is 58.9 Å². The number of thioether (sulfide) groups is 1. The van der Waals surface area contributed by atoms with Crippen LogP contribution in [0.5, 0.6) is 0 Å². The molecular formula is C26H27F3N6O2S2. The largest absolute Gasteiger partial charge is 0.425 e. The van der Waals surface area contributed by atoms with Crippen LogP contribution >= 0.6 is 23.1 Å². The van der Waals surface area contributed by atoms with Crippen LogP contribution in [0.4, 0.5) is 23.9 Å². The Morgan fingerprint density at radius 2 is 1.92 bits per heavy atom. The number of halogens is 3. The summed E-state index contributed by atoms with van der Waals surface area (Å²) in [4.78, 5) is 39.2. The van der Waals surface area contributed by atoms with E-state index in [0.29, 0.717) is 52.4 Å². The number of thiophene rings is 1. The Bertz CT molecular complexity index is 1360. The molecule has 0 aliphatic carbocycles. The van der Waals surface area contributed by atoms with Crippen molar-refractivity contribution in [1.29, 1.82) is 0 Å². The summed E-state index contributed by atoms with van der Waals surface area (Å²) >= 11 is 1.70. The Kier molecular flexibility index (Phi) is 7.92. The summed E-state index contributed by atoms with van der Waals surface area (Å²) < 4.78 is 38.3. The molecule has 0 bridgehead atoms. The van der Waals surface area contributed by atoms with Gasteiger partial charge in [0.05, 0.1) is 10.6 Å². The lowest BCUT2D eigenvalue weighted by atomic mass is 9.97. The second kappa shape index (κ2) is 11.2. The van der Waals surface area contributed by atoms with Crippen LogP contribution < -0.4 is 15.5 Å². The molecule has 2 fully saturated rings. The van der Waals surface area contributed by atoms with Crippen LogP contribution in [0.3, 0.4) is 0 Å². The molecule has 8 nitrogen and oxygen atoms in total. The van der Waals surface area contributed by atoms with E-state index in [1.165, 1.54) is 6.07 Å². The van der Waals surface area contributed by atoms with Crippen molar-refractivity contribution in [2.45, 2.75) is 43.7 Å². The van der Waals surface area contributed by atoms with Gasteiger partial charge < -0.3 is 10.2 Å². The highest BCUT2D eigenvalue weighted by Crippen LogP contribution is 2.39. The number of amides is 2. The van der Waals surface area contributed by atoms with Crippen molar-refractivity contribution in [2.24, 2.45) is 5.92 Å². The number of alkyl halides is 3. The van der Waals surface area contributed by atoms with Gasteiger partial charge in [-0.3, -0.25) is 19.9 Å². The van der Waals surface area contributed by atoms with E-state index in [9.17, 15) is 22.8 Å². The van der Waals surface area contributed by atoms with E-state index in [4.69, 9.17) is 0 Å². The number of nitrogens with one attached hydrogen (secondary N) is 2. The molecule has 2 N–H and O–H groups in total. The van der Waals surface area contributed by atoms with E-state index in [1.54, 1.807) is 31.5 Å². The molecule has 3 aromatic heterocycles. The molecule has 2 aliphatic rings. The Balaban J connectivity index is 1.13. The van der Waals surface area contributed by atoms with Crippen LogP contribution in [0.25, 0.3) is 10.6 Å². The van der Waals surface area contributed by atoms with Gasteiger partial charge in [0, 0.05) is 44.1 Å². The normalized spacial score (nSPS) is 20.5. The molecule has 0 saturated carbocycles. The monoisotopic (exact) mass is 576 g/mol. The molecule has 2 aliphatic heterocycles. The van der Waals surface area contributed by atoms with Crippen molar-refractivity contribution in [2.75, 3.05) is 24.5 Å². The number of imide groups is 1. The second-order valence-corrected chi connectivity index (χ2v) is 12.4. The first-order valence-electron chi connectivity index (χ1n) is 12.5. The summed E-state index contributed by atoms with van der Waals surface area (Å²) in [5.41, 5.74) is 2.15. The third-order valence-corrected chi connectivity index (χ3v) is 9.09. The fourth-order valence-corrected chi connectivity index (χ4v) is 6.59. The van der Waals surface area contributed by atoms with E-state index in [-0.39, 0.29) is 11.1 Å². The number of piperidine rings is 1. The lowest BCUT2D eigenvalue weighted by molar-refractivity contribution is -0.134. The molecule has 2 saturated heterocycles. The fourth-order valence-electron chi connectivity index (χ4n) is 4.77. The minimum atomic E-state index is -4.36. The number of carbonyl (C=O) groups is 2. The van der Waals surface area contributed by atoms with Crippen LogP contribution in [0.15, 0.2) is 42.7 Å². The van der Waals surface area contributed by atoms with Crippen molar-refractivity contribution < 1.29 is 22.8 Å². The zero-order chi connectivity index (χ0) is 27.6. The van der Waals surface area contributed by atoms with Gasteiger partial charge in [-0.25, -0.2) is 9.97 Å². The fraction of sp³-hybridized carbons (Fsp3) is 0.423. The molecule has 13 heteroatoms. The number of pyridine rings is 1. The van der Waals surface area contributed by atoms with Gasteiger partial charge in [-0.15, -0.1) is 11.3 Å². The lowest BCUT2D eigenvalue weighted by Crippen LogP contribution is -2.38. The summed E-state index contributed by atoms with van der Waals surface area (Å²) in [6.07, 6.45) is 1.13. The van der Waals surface area contributed by atoms with Gasteiger partial charge in [0.15, 0.2) is 0 Å². The maximum atomic E-state index is 13.0. The molecule has 39 heavy (non-hydrogen) atoms. The van der Waals surface area contributed by atoms with Gasteiger partial charge in [-0.05, 0) is 73.8 Å². The first kappa shape index (κ1) is 27.5. The Morgan fingerprint density at radius 1 is 1.13 bits per heavy atom. The van der Waals surface area contributed by atoms with Crippen molar-refractivity contribution >= 4 is 40.2 Å². The number of aromatic nitrogens is 3. The second-order valence-electron chi connectivity index (χ2n) is 9.83. The molecule has 0 aromatic carbocycles. The van der Waals surface area contributed by atoms with Gasteiger partial charge in [0.2, 0.25) is 11.9 Å². The van der Waals surface area contributed by atoms with Gasteiger partial charge >= 0.3 is 6.18 Å². The van der Waals surface area contributed by atoms with Crippen molar-refractivity contribution in [3.8, 4) is 10.6 Å². The first-order valence-corrected chi connectivity index (χ1v) is 14.2. The highest BCUT2D eigenvalue weighted by Gasteiger charge is 2.44. The molecule has 0 spiro atoms.